The van der Waals surface area contributed by atoms with E-state index < -0.39 is 0 Å². The van der Waals surface area contributed by atoms with Crippen LogP contribution >= 0.6 is 11.6 Å². The Morgan fingerprint density at radius 1 is 1.20 bits per heavy atom. The number of benzene rings is 1. The summed E-state index contributed by atoms with van der Waals surface area (Å²) < 4.78 is 0. The van der Waals surface area contributed by atoms with E-state index in [1.165, 1.54) is 0 Å². The summed E-state index contributed by atoms with van der Waals surface area (Å²) in [4.78, 5) is 4.26. The van der Waals surface area contributed by atoms with Crippen molar-refractivity contribution in [2.45, 2.75) is 6.54 Å². The van der Waals surface area contributed by atoms with E-state index in [2.05, 4.69) is 4.98 Å². The lowest BCUT2D eigenvalue weighted by molar-refractivity contribution is 1.07. The molecular weight excluding hydrogens is 208 g/mol. The third kappa shape index (κ3) is 2.17. The molecule has 0 saturated carbocycles. The van der Waals surface area contributed by atoms with Crippen LogP contribution in [-0.4, -0.2) is 4.98 Å². The van der Waals surface area contributed by atoms with Crippen molar-refractivity contribution in [3.63, 3.8) is 0 Å². The van der Waals surface area contributed by atoms with Gasteiger partial charge in [0.25, 0.3) is 0 Å². The van der Waals surface area contributed by atoms with Gasteiger partial charge in [0.2, 0.25) is 0 Å². The molecule has 15 heavy (non-hydrogen) atoms. The number of nitrogens with two attached hydrogens (primary N) is 1. The topological polar surface area (TPSA) is 38.9 Å². The summed E-state index contributed by atoms with van der Waals surface area (Å²) in [6.45, 7) is 0.511. The van der Waals surface area contributed by atoms with Crippen molar-refractivity contribution < 1.29 is 0 Å². The molecule has 2 nitrogen and oxygen atoms in total. The fourth-order valence-electron chi connectivity index (χ4n) is 1.42. The van der Waals surface area contributed by atoms with Crippen molar-refractivity contribution in [1.82, 2.24) is 4.98 Å². The van der Waals surface area contributed by atoms with Crippen molar-refractivity contribution in [3.8, 4) is 11.3 Å². The van der Waals surface area contributed by atoms with Gasteiger partial charge in [-0.25, -0.2) is 0 Å². The Morgan fingerprint density at radius 2 is 2.07 bits per heavy atom. The number of hydrogen-bond acceptors (Lipinski definition) is 2. The van der Waals surface area contributed by atoms with Crippen LogP contribution in [0, 0.1) is 0 Å². The van der Waals surface area contributed by atoms with Gasteiger partial charge in [-0.2, -0.15) is 0 Å². The summed E-state index contributed by atoms with van der Waals surface area (Å²) in [5, 5.41) is 0.700. The molecule has 0 radical (unpaired) electrons. The maximum atomic E-state index is 6.11. The van der Waals surface area contributed by atoms with Crippen LogP contribution in [0.3, 0.4) is 0 Å². The van der Waals surface area contributed by atoms with Gasteiger partial charge in [0.15, 0.2) is 0 Å². The van der Waals surface area contributed by atoms with Gasteiger partial charge < -0.3 is 5.73 Å². The summed E-state index contributed by atoms with van der Waals surface area (Å²) in [5.74, 6) is 0. The minimum atomic E-state index is 0.511. The first kappa shape index (κ1) is 10.1. The standard InChI is InChI=1S/C12H11ClN2/c13-11-5-4-9(8-14)7-10(11)12-3-1-2-6-15-12/h1-7H,8,14H2. The second-order valence-corrected chi connectivity index (χ2v) is 3.64. The summed E-state index contributed by atoms with van der Waals surface area (Å²) in [6.07, 6.45) is 1.75. The van der Waals surface area contributed by atoms with E-state index in [4.69, 9.17) is 17.3 Å². The molecule has 0 aliphatic carbocycles. The number of pyridine rings is 1. The van der Waals surface area contributed by atoms with Crippen molar-refractivity contribution in [1.29, 1.82) is 0 Å². The van der Waals surface area contributed by atoms with Crippen LogP contribution < -0.4 is 5.73 Å². The molecule has 2 rings (SSSR count). The molecule has 1 aromatic heterocycles. The van der Waals surface area contributed by atoms with Gasteiger partial charge in [0.05, 0.1) is 5.69 Å². The van der Waals surface area contributed by atoms with Crippen LogP contribution in [0.15, 0.2) is 42.6 Å². The summed E-state index contributed by atoms with van der Waals surface area (Å²) in [5.41, 5.74) is 8.44. The first-order valence-corrected chi connectivity index (χ1v) is 5.09. The maximum absolute atomic E-state index is 6.11. The molecule has 0 atom stereocenters. The number of aromatic nitrogens is 1. The maximum Gasteiger partial charge on any atom is 0.0717 e. The average molecular weight is 219 g/mol. The number of hydrogen-bond donors (Lipinski definition) is 1. The highest BCUT2D eigenvalue weighted by molar-refractivity contribution is 6.33. The van der Waals surface area contributed by atoms with Gasteiger partial charge in [0, 0.05) is 23.3 Å². The van der Waals surface area contributed by atoms with Crippen molar-refractivity contribution >= 4 is 11.6 Å². The molecule has 0 aliphatic heterocycles. The average Bonchev–Trinajstić information content (AvgIpc) is 2.31. The second kappa shape index (κ2) is 4.43. The molecule has 1 heterocycles. The molecule has 0 amide bonds. The third-order valence-electron chi connectivity index (χ3n) is 2.21. The molecule has 0 fully saturated rings. The van der Waals surface area contributed by atoms with E-state index in [1.54, 1.807) is 6.20 Å². The molecule has 0 unspecified atom stereocenters. The van der Waals surface area contributed by atoms with Gasteiger partial charge in [0.1, 0.15) is 0 Å². The number of halogens is 1. The Bertz CT molecular complexity index is 454. The zero-order chi connectivity index (χ0) is 10.7. The highest BCUT2D eigenvalue weighted by Gasteiger charge is 2.04. The van der Waals surface area contributed by atoms with E-state index in [9.17, 15) is 0 Å². The predicted octanol–water partition coefficient (Wildman–Crippen LogP) is 2.86. The van der Waals surface area contributed by atoms with Crippen molar-refractivity contribution in [3.05, 3.63) is 53.2 Å². The Morgan fingerprint density at radius 3 is 2.73 bits per heavy atom. The minimum absolute atomic E-state index is 0.511. The van der Waals surface area contributed by atoms with Crippen LogP contribution in [-0.2, 0) is 6.54 Å². The largest absolute Gasteiger partial charge is 0.326 e. The van der Waals surface area contributed by atoms with E-state index in [-0.39, 0.29) is 0 Å². The Hall–Kier alpha value is -1.38. The minimum Gasteiger partial charge on any atom is -0.326 e. The first-order valence-electron chi connectivity index (χ1n) is 4.71. The van der Waals surface area contributed by atoms with Crippen molar-refractivity contribution in [2.24, 2.45) is 5.73 Å². The molecule has 2 N–H and O–H groups in total. The molecule has 3 heteroatoms. The van der Waals surface area contributed by atoms with Crippen LogP contribution in [0.1, 0.15) is 5.56 Å². The van der Waals surface area contributed by atoms with Crippen LogP contribution in [0.4, 0.5) is 0 Å². The number of nitrogens with zero attached hydrogens (tertiary/aromatic N) is 1. The Kier molecular flexibility index (Phi) is 2.99. The van der Waals surface area contributed by atoms with E-state index >= 15 is 0 Å². The molecule has 0 spiro atoms. The molecule has 0 bridgehead atoms. The van der Waals surface area contributed by atoms with Gasteiger partial charge in [-0.3, -0.25) is 4.98 Å². The molecular formula is C12H11ClN2. The van der Waals surface area contributed by atoms with E-state index in [0.29, 0.717) is 11.6 Å². The second-order valence-electron chi connectivity index (χ2n) is 3.23. The zero-order valence-electron chi connectivity index (χ0n) is 8.15. The van der Waals surface area contributed by atoms with Crippen LogP contribution in [0.2, 0.25) is 5.02 Å². The molecule has 76 valence electrons. The summed E-state index contributed by atoms with van der Waals surface area (Å²) in [6, 6.07) is 11.5. The molecule has 0 saturated heterocycles. The highest BCUT2D eigenvalue weighted by Crippen LogP contribution is 2.26. The summed E-state index contributed by atoms with van der Waals surface area (Å²) in [7, 11) is 0. The van der Waals surface area contributed by atoms with E-state index in [0.717, 1.165) is 16.8 Å². The van der Waals surface area contributed by atoms with Crippen LogP contribution in [0.25, 0.3) is 11.3 Å². The molecule has 0 aliphatic rings. The summed E-state index contributed by atoms with van der Waals surface area (Å²) >= 11 is 6.11. The third-order valence-corrected chi connectivity index (χ3v) is 2.54. The SMILES string of the molecule is NCc1ccc(Cl)c(-c2ccccn2)c1. The predicted molar refractivity (Wildman–Crippen MR) is 62.6 cm³/mol. The van der Waals surface area contributed by atoms with Crippen LogP contribution in [0.5, 0.6) is 0 Å². The van der Waals surface area contributed by atoms with Gasteiger partial charge in [-0.05, 0) is 29.8 Å². The highest BCUT2D eigenvalue weighted by atomic mass is 35.5. The number of rotatable bonds is 2. The van der Waals surface area contributed by atoms with Gasteiger partial charge in [-0.1, -0.05) is 23.7 Å². The van der Waals surface area contributed by atoms with E-state index in [1.807, 2.05) is 36.4 Å². The Balaban J connectivity index is 2.52. The monoisotopic (exact) mass is 218 g/mol. The first-order chi connectivity index (χ1) is 7.31. The lowest BCUT2D eigenvalue weighted by Crippen LogP contribution is -1.96. The quantitative estimate of drug-likeness (QED) is 0.842. The fraction of sp³-hybridized carbons (Fsp3) is 0.0833. The zero-order valence-corrected chi connectivity index (χ0v) is 8.91. The smallest absolute Gasteiger partial charge is 0.0717 e. The molecule has 1 aromatic carbocycles. The lowest BCUT2D eigenvalue weighted by Gasteiger charge is -2.05. The Labute approximate surface area is 93.7 Å². The molecule has 2 aromatic rings. The fourth-order valence-corrected chi connectivity index (χ4v) is 1.63. The van der Waals surface area contributed by atoms with Crippen molar-refractivity contribution in [2.75, 3.05) is 0 Å². The van der Waals surface area contributed by atoms with Gasteiger partial charge in [-0.15, -0.1) is 0 Å². The van der Waals surface area contributed by atoms with Gasteiger partial charge >= 0.3 is 0 Å². The lowest BCUT2D eigenvalue weighted by atomic mass is 10.1. The normalized spacial score (nSPS) is 10.3.